The molecule has 3 aromatic carbocycles. The van der Waals surface area contributed by atoms with Gasteiger partial charge in [0, 0.05) is 11.1 Å². The van der Waals surface area contributed by atoms with Gasteiger partial charge < -0.3 is 9.15 Å². The van der Waals surface area contributed by atoms with Gasteiger partial charge in [0.1, 0.15) is 5.75 Å². The number of ether oxygens (including phenoxy) is 1. The van der Waals surface area contributed by atoms with Crippen molar-refractivity contribution in [2.75, 3.05) is 12.4 Å². The van der Waals surface area contributed by atoms with Crippen LogP contribution in [0.1, 0.15) is 16.7 Å². The van der Waals surface area contributed by atoms with Crippen molar-refractivity contribution in [1.82, 2.24) is 20.0 Å². The number of benzene rings is 3. The number of aromatic nitrogens is 4. The molecule has 35 heavy (non-hydrogen) atoms. The maximum absolute atomic E-state index is 13.1. The molecule has 0 aliphatic rings. The molecule has 0 bridgehead atoms. The average molecular weight is 485 g/mol. The Morgan fingerprint density at radius 2 is 1.63 bits per heavy atom. The van der Waals surface area contributed by atoms with Crippen LogP contribution in [-0.2, 0) is 6.54 Å². The molecule has 0 fully saturated rings. The van der Waals surface area contributed by atoms with Crippen LogP contribution in [0.25, 0.3) is 22.4 Å². The molecule has 0 saturated heterocycles. The molecular weight excluding hydrogens is 460 g/mol. The van der Waals surface area contributed by atoms with E-state index in [1.165, 1.54) is 27.6 Å². The van der Waals surface area contributed by atoms with Crippen molar-refractivity contribution in [2.24, 2.45) is 0 Å². The molecule has 0 atom stereocenters. The first kappa shape index (κ1) is 22.9. The number of hydrogen-bond acceptors (Lipinski definition) is 7. The third kappa shape index (κ3) is 5.27. The molecule has 2 aromatic heterocycles. The SMILES string of the molecule is Cc1cc(C)cc(OCCSc2nnc(-c3nn(Cc4ccccc4)c(=O)c4ccccc34)o2)c1. The van der Waals surface area contributed by atoms with Gasteiger partial charge in [-0.2, -0.15) is 5.10 Å². The largest absolute Gasteiger partial charge is 0.493 e. The van der Waals surface area contributed by atoms with Crippen molar-refractivity contribution in [1.29, 1.82) is 0 Å². The van der Waals surface area contributed by atoms with Gasteiger partial charge in [-0.1, -0.05) is 66.4 Å². The summed E-state index contributed by atoms with van der Waals surface area (Å²) in [5.41, 5.74) is 3.65. The third-order valence-corrected chi connectivity index (χ3v) is 6.21. The molecule has 8 heteroatoms. The quantitative estimate of drug-likeness (QED) is 0.219. The number of nitrogens with zero attached hydrogens (tertiary/aromatic N) is 4. The van der Waals surface area contributed by atoms with Crippen LogP contribution in [0.2, 0.25) is 0 Å². The van der Waals surface area contributed by atoms with Crippen LogP contribution in [0, 0.1) is 13.8 Å². The fraction of sp³-hybridized carbons (Fsp3) is 0.185. The maximum atomic E-state index is 13.1. The molecule has 0 radical (unpaired) electrons. The molecule has 0 amide bonds. The van der Waals surface area contributed by atoms with Gasteiger partial charge in [0.25, 0.3) is 16.7 Å². The van der Waals surface area contributed by atoms with Gasteiger partial charge in [-0.25, -0.2) is 4.68 Å². The van der Waals surface area contributed by atoms with E-state index in [2.05, 4.69) is 35.2 Å². The smallest absolute Gasteiger partial charge is 0.277 e. The van der Waals surface area contributed by atoms with Gasteiger partial charge >= 0.3 is 0 Å². The minimum atomic E-state index is -0.161. The molecule has 0 aliphatic carbocycles. The monoisotopic (exact) mass is 484 g/mol. The van der Waals surface area contributed by atoms with Crippen molar-refractivity contribution in [3.63, 3.8) is 0 Å². The van der Waals surface area contributed by atoms with Crippen LogP contribution >= 0.6 is 11.8 Å². The lowest BCUT2D eigenvalue weighted by atomic mass is 10.1. The summed E-state index contributed by atoms with van der Waals surface area (Å²) in [6, 6.07) is 23.2. The van der Waals surface area contributed by atoms with E-state index in [1.54, 1.807) is 6.07 Å². The van der Waals surface area contributed by atoms with Crippen molar-refractivity contribution >= 4 is 22.5 Å². The second-order valence-electron chi connectivity index (χ2n) is 8.24. The highest BCUT2D eigenvalue weighted by molar-refractivity contribution is 7.99. The first-order valence-corrected chi connectivity index (χ1v) is 12.3. The van der Waals surface area contributed by atoms with E-state index in [0.717, 1.165) is 11.3 Å². The first-order chi connectivity index (χ1) is 17.1. The normalized spacial score (nSPS) is 11.1. The molecule has 5 rings (SSSR count). The lowest BCUT2D eigenvalue weighted by Gasteiger charge is -2.09. The van der Waals surface area contributed by atoms with Gasteiger partial charge in [0.2, 0.25) is 0 Å². The Labute approximate surface area is 206 Å². The highest BCUT2D eigenvalue weighted by Crippen LogP contribution is 2.27. The zero-order valence-corrected chi connectivity index (χ0v) is 20.3. The Bertz CT molecular complexity index is 1510. The summed E-state index contributed by atoms with van der Waals surface area (Å²) < 4.78 is 13.2. The average Bonchev–Trinajstić information content (AvgIpc) is 3.32. The summed E-state index contributed by atoms with van der Waals surface area (Å²) in [5, 5.41) is 14.7. The molecule has 2 heterocycles. The zero-order chi connectivity index (χ0) is 24.2. The highest BCUT2D eigenvalue weighted by Gasteiger charge is 2.18. The standard InChI is InChI=1S/C27H24N4O3S/c1-18-14-19(2)16-21(15-18)33-12-13-35-27-29-28-25(34-27)24-22-10-6-7-11-23(22)26(32)31(30-24)17-20-8-4-3-5-9-20/h3-11,14-16H,12-13,17H2,1-2H3. The van der Waals surface area contributed by atoms with E-state index < -0.39 is 0 Å². The predicted octanol–water partition coefficient (Wildman–Crippen LogP) is 5.28. The number of fused-ring (bicyclic) bond motifs is 1. The van der Waals surface area contributed by atoms with Crippen molar-refractivity contribution in [3.8, 4) is 17.3 Å². The molecule has 0 aliphatic heterocycles. The van der Waals surface area contributed by atoms with Crippen LogP contribution in [0.4, 0.5) is 0 Å². The lowest BCUT2D eigenvalue weighted by Crippen LogP contribution is -2.24. The summed E-state index contributed by atoms with van der Waals surface area (Å²) in [6.45, 7) is 4.96. The summed E-state index contributed by atoms with van der Waals surface area (Å²) in [6.07, 6.45) is 0. The number of thioether (sulfide) groups is 1. The number of hydrogen-bond donors (Lipinski definition) is 0. The predicted molar refractivity (Wildman–Crippen MR) is 137 cm³/mol. The van der Waals surface area contributed by atoms with Gasteiger partial charge in [-0.05, 0) is 48.7 Å². The van der Waals surface area contributed by atoms with E-state index in [-0.39, 0.29) is 11.4 Å². The van der Waals surface area contributed by atoms with Gasteiger partial charge in [0.05, 0.1) is 18.5 Å². The Hall–Kier alpha value is -3.91. The molecule has 5 aromatic rings. The highest BCUT2D eigenvalue weighted by atomic mass is 32.2. The van der Waals surface area contributed by atoms with E-state index in [0.29, 0.717) is 40.6 Å². The minimum Gasteiger partial charge on any atom is -0.493 e. The molecule has 176 valence electrons. The van der Waals surface area contributed by atoms with Crippen LogP contribution in [-0.4, -0.2) is 32.3 Å². The van der Waals surface area contributed by atoms with Gasteiger partial charge in [-0.3, -0.25) is 4.79 Å². The fourth-order valence-electron chi connectivity index (χ4n) is 3.93. The van der Waals surface area contributed by atoms with E-state index >= 15 is 0 Å². The zero-order valence-electron chi connectivity index (χ0n) is 19.5. The first-order valence-electron chi connectivity index (χ1n) is 11.3. The molecule has 0 saturated carbocycles. The number of aryl methyl sites for hydroxylation is 2. The maximum Gasteiger partial charge on any atom is 0.277 e. The van der Waals surface area contributed by atoms with E-state index in [9.17, 15) is 4.79 Å². The second kappa shape index (κ2) is 10.1. The van der Waals surface area contributed by atoms with Crippen molar-refractivity contribution in [2.45, 2.75) is 25.6 Å². The topological polar surface area (TPSA) is 83.0 Å². The molecular formula is C27H24N4O3S. The molecule has 7 nitrogen and oxygen atoms in total. The van der Waals surface area contributed by atoms with Crippen LogP contribution < -0.4 is 10.3 Å². The Morgan fingerprint density at radius 3 is 2.40 bits per heavy atom. The van der Waals surface area contributed by atoms with Crippen molar-refractivity contribution < 1.29 is 9.15 Å². The number of rotatable bonds is 8. The van der Waals surface area contributed by atoms with Gasteiger partial charge in [0.15, 0.2) is 5.69 Å². The second-order valence-corrected chi connectivity index (χ2v) is 9.28. The Balaban J connectivity index is 1.35. The fourth-order valence-corrected chi connectivity index (χ4v) is 4.50. The lowest BCUT2D eigenvalue weighted by molar-refractivity contribution is 0.342. The van der Waals surface area contributed by atoms with E-state index in [4.69, 9.17) is 9.15 Å². The summed E-state index contributed by atoms with van der Waals surface area (Å²) in [5.74, 6) is 1.78. The minimum absolute atomic E-state index is 0.161. The third-order valence-electron chi connectivity index (χ3n) is 5.42. The van der Waals surface area contributed by atoms with Crippen LogP contribution in [0.5, 0.6) is 5.75 Å². The Morgan fingerprint density at radius 1 is 0.914 bits per heavy atom. The van der Waals surface area contributed by atoms with Gasteiger partial charge in [-0.15, -0.1) is 10.2 Å². The molecule has 0 N–H and O–H groups in total. The molecule has 0 unspecified atom stereocenters. The Kier molecular flexibility index (Phi) is 6.63. The van der Waals surface area contributed by atoms with Crippen molar-refractivity contribution in [3.05, 3.63) is 99.8 Å². The van der Waals surface area contributed by atoms with Crippen LogP contribution in [0.15, 0.2) is 87.2 Å². The summed E-state index contributed by atoms with van der Waals surface area (Å²) in [4.78, 5) is 13.1. The summed E-state index contributed by atoms with van der Waals surface area (Å²) >= 11 is 1.42. The molecule has 0 spiro atoms. The van der Waals surface area contributed by atoms with Crippen LogP contribution in [0.3, 0.4) is 0 Å². The summed E-state index contributed by atoms with van der Waals surface area (Å²) in [7, 11) is 0. The van der Waals surface area contributed by atoms with E-state index in [1.807, 2.05) is 60.7 Å².